The van der Waals surface area contributed by atoms with Crippen LogP contribution in [0.2, 0.25) is 0 Å². The van der Waals surface area contributed by atoms with E-state index in [0.29, 0.717) is 6.04 Å². The lowest BCUT2D eigenvalue weighted by Gasteiger charge is -2.32. The van der Waals surface area contributed by atoms with Gasteiger partial charge in [0.25, 0.3) is 0 Å². The summed E-state index contributed by atoms with van der Waals surface area (Å²) in [6.07, 6.45) is 8.37. The summed E-state index contributed by atoms with van der Waals surface area (Å²) in [7, 11) is 0. The van der Waals surface area contributed by atoms with Crippen molar-refractivity contribution in [2.45, 2.75) is 31.7 Å². The Morgan fingerprint density at radius 3 is 2.68 bits per heavy atom. The van der Waals surface area contributed by atoms with Gasteiger partial charge in [0.1, 0.15) is 5.82 Å². The van der Waals surface area contributed by atoms with Crippen LogP contribution in [-0.4, -0.2) is 47.1 Å². The summed E-state index contributed by atoms with van der Waals surface area (Å²) < 4.78 is 0. The molecule has 1 fully saturated rings. The number of rotatable bonds is 7. The van der Waals surface area contributed by atoms with Gasteiger partial charge in [0.05, 0.1) is 0 Å². The molecule has 1 aromatic carbocycles. The van der Waals surface area contributed by atoms with E-state index in [1.807, 2.05) is 12.4 Å². The Hall–Kier alpha value is -1.65. The summed E-state index contributed by atoms with van der Waals surface area (Å²) in [4.78, 5) is 10.0. The first-order valence-corrected chi connectivity index (χ1v) is 8.38. The fraction of sp³-hybridized carbons (Fsp3) is 0.500. The van der Waals surface area contributed by atoms with Crippen LogP contribution in [0.15, 0.2) is 42.7 Å². The molecule has 22 heavy (non-hydrogen) atoms. The molecule has 1 aromatic heterocycles. The summed E-state index contributed by atoms with van der Waals surface area (Å²) in [5.41, 5.74) is 1.45. The highest BCUT2D eigenvalue weighted by molar-refractivity contribution is 5.14. The third-order valence-corrected chi connectivity index (χ3v) is 4.50. The predicted octanol–water partition coefficient (Wildman–Crippen LogP) is 2.25. The van der Waals surface area contributed by atoms with Crippen LogP contribution >= 0.6 is 0 Å². The zero-order chi connectivity index (χ0) is 15.0. The summed E-state index contributed by atoms with van der Waals surface area (Å²) in [5.74, 6) is 1.08. The van der Waals surface area contributed by atoms with Crippen molar-refractivity contribution in [1.29, 1.82) is 0 Å². The number of aromatic amines is 1. The average molecular weight is 298 g/mol. The molecule has 1 aliphatic heterocycles. The largest absolute Gasteiger partial charge is 0.349 e. The fourth-order valence-corrected chi connectivity index (χ4v) is 3.12. The van der Waals surface area contributed by atoms with Gasteiger partial charge in [-0.25, -0.2) is 4.98 Å². The summed E-state index contributed by atoms with van der Waals surface area (Å²) in [6.45, 7) is 4.63. The maximum absolute atomic E-state index is 4.26. The van der Waals surface area contributed by atoms with Crippen LogP contribution in [0.4, 0.5) is 0 Å². The van der Waals surface area contributed by atoms with E-state index < -0.39 is 0 Å². The Labute approximate surface area is 133 Å². The lowest BCUT2D eigenvalue weighted by atomic mass is 10.0. The number of nitrogens with zero attached hydrogens (tertiary/aromatic N) is 2. The molecule has 0 atom stereocenters. The van der Waals surface area contributed by atoms with E-state index >= 15 is 0 Å². The lowest BCUT2D eigenvalue weighted by molar-refractivity contribution is 0.200. The van der Waals surface area contributed by atoms with Crippen molar-refractivity contribution in [3.8, 4) is 0 Å². The number of hydrogen-bond acceptors (Lipinski definition) is 3. The fourth-order valence-electron chi connectivity index (χ4n) is 3.12. The molecule has 3 rings (SSSR count). The topological polar surface area (TPSA) is 44.0 Å². The number of nitrogens with one attached hydrogen (secondary N) is 2. The molecule has 1 saturated heterocycles. The van der Waals surface area contributed by atoms with E-state index in [4.69, 9.17) is 0 Å². The summed E-state index contributed by atoms with van der Waals surface area (Å²) in [5, 5.41) is 3.67. The van der Waals surface area contributed by atoms with Crippen LogP contribution in [0.1, 0.15) is 24.2 Å². The first-order chi connectivity index (χ1) is 10.9. The molecule has 0 saturated carbocycles. The minimum absolute atomic E-state index is 0.669. The summed E-state index contributed by atoms with van der Waals surface area (Å²) in [6, 6.07) is 11.5. The SMILES string of the molecule is c1ccc(CCN2CCC(NCCc3ncc[nH]3)CC2)cc1. The van der Waals surface area contributed by atoms with Crippen LogP contribution in [0, 0.1) is 0 Å². The quantitative estimate of drug-likeness (QED) is 0.824. The monoisotopic (exact) mass is 298 g/mol. The van der Waals surface area contributed by atoms with Gasteiger partial charge < -0.3 is 15.2 Å². The second-order valence-corrected chi connectivity index (χ2v) is 6.09. The Morgan fingerprint density at radius 2 is 1.95 bits per heavy atom. The van der Waals surface area contributed by atoms with Gasteiger partial charge in [0.2, 0.25) is 0 Å². The highest BCUT2D eigenvalue weighted by atomic mass is 15.1. The molecule has 2 N–H and O–H groups in total. The Bertz CT molecular complexity index is 515. The molecule has 0 aliphatic carbocycles. The number of H-pyrrole nitrogens is 1. The number of imidazole rings is 1. The normalized spacial score (nSPS) is 16.9. The van der Waals surface area contributed by atoms with E-state index in [1.54, 1.807) is 0 Å². The molecule has 118 valence electrons. The van der Waals surface area contributed by atoms with Crippen molar-refractivity contribution in [3.05, 3.63) is 54.1 Å². The van der Waals surface area contributed by atoms with E-state index in [0.717, 1.165) is 25.2 Å². The van der Waals surface area contributed by atoms with Crippen molar-refractivity contribution in [2.75, 3.05) is 26.2 Å². The van der Waals surface area contributed by atoms with E-state index in [1.165, 1.54) is 38.0 Å². The van der Waals surface area contributed by atoms with Gasteiger partial charge in [-0.05, 0) is 37.9 Å². The number of aromatic nitrogens is 2. The number of benzene rings is 1. The highest BCUT2D eigenvalue weighted by Gasteiger charge is 2.18. The molecule has 0 amide bonds. The highest BCUT2D eigenvalue weighted by Crippen LogP contribution is 2.11. The number of likely N-dealkylation sites (tertiary alicyclic amines) is 1. The second-order valence-electron chi connectivity index (χ2n) is 6.09. The molecular weight excluding hydrogens is 272 g/mol. The zero-order valence-corrected chi connectivity index (χ0v) is 13.2. The molecule has 0 unspecified atom stereocenters. The third-order valence-electron chi connectivity index (χ3n) is 4.50. The summed E-state index contributed by atoms with van der Waals surface area (Å²) >= 11 is 0. The second kappa shape index (κ2) is 8.11. The van der Waals surface area contributed by atoms with Crippen molar-refractivity contribution >= 4 is 0 Å². The van der Waals surface area contributed by atoms with Gasteiger partial charge in [-0.2, -0.15) is 0 Å². The van der Waals surface area contributed by atoms with Crippen LogP contribution in [0.3, 0.4) is 0 Å². The molecule has 2 heterocycles. The molecule has 0 bridgehead atoms. The Balaban J connectivity index is 1.30. The van der Waals surface area contributed by atoms with Crippen LogP contribution in [0.25, 0.3) is 0 Å². The predicted molar refractivity (Wildman–Crippen MR) is 89.9 cm³/mol. The third kappa shape index (κ3) is 4.68. The minimum atomic E-state index is 0.669. The smallest absolute Gasteiger partial charge is 0.107 e. The minimum Gasteiger partial charge on any atom is -0.349 e. The van der Waals surface area contributed by atoms with Gasteiger partial charge in [0, 0.05) is 37.9 Å². The molecule has 1 aliphatic rings. The number of hydrogen-bond donors (Lipinski definition) is 2. The van der Waals surface area contributed by atoms with Gasteiger partial charge in [-0.15, -0.1) is 0 Å². The average Bonchev–Trinajstić information content (AvgIpc) is 3.08. The molecule has 4 nitrogen and oxygen atoms in total. The van der Waals surface area contributed by atoms with Crippen molar-refractivity contribution < 1.29 is 0 Å². The van der Waals surface area contributed by atoms with E-state index in [2.05, 4.69) is 50.5 Å². The van der Waals surface area contributed by atoms with Crippen LogP contribution in [-0.2, 0) is 12.8 Å². The van der Waals surface area contributed by atoms with Gasteiger partial charge in [-0.3, -0.25) is 0 Å². The Kier molecular flexibility index (Phi) is 5.62. The van der Waals surface area contributed by atoms with Gasteiger partial charge >= 0.3 is 0 Å². The maximum atomic E-state index is 4.26. The molecular formula is C18H26N4. The lowest BCUT2D eigenvalue weighted by Crippen LogP contribution is -2.43. The molecule has 4 heteroatoms. The maximum Gasteiger partial charge on any atom is 0.107 e. The van der Waals surface area contributed by atoms with E-state index in [-0.39, 0.29) is 0 Å². The standard InChI is InChI=1S/C18H26N4/c1-2-4-16(5-3-1)7-13-22-14-8-17(9-15-22)19-10-6-18-20-11-12-21-18/h1-5,11-12,17,19H,6-10,13-15H2,(H,20,21). The first-order valence-electron chi connectivity index (χ1n) is 8.38. The molecule has 0 spiro atoms. The van der Waals surface area contributed by atoms with Crippen molar-refractivity contribution in [3.63, 3.8) is 0 Å². The van der Waals surface area contributed by atoms with Crippen LogP contribution < -0.4 is 5.32 Å². The van der Waals surface area contributed by atoms with Crippen LogP contribution in [0.5, 0.6) is 0 Å². The van der Waals surface area contributed by atoms with Crippen molar-refractivity contribution in [1.82, 2.24) is 20.2 Å². The number of piperidine rings is 1. The molecule has 0 radical (unpaired) electrons. The Morgan fingerprint density at radius 1 is 1.14 bits per heavy atom. The zero-order valence-electron chi connectivity index (χ0n) is 13.2. The first kappa shape index (κ1) is 15.3. The van der Waals surface area contributed by atoms with Gasteiger partial charge in [-0.1, -0.05) is 30.3 Å². The van der Waals surface area contributed by atoms with E-state index in [9.17, 15) is 0 Å². The molecule has 2 aromatic rings. The van der Waals surface area contributed by atoms with Crippen molar-refractivity contribution in [2.24, 2.45) is 0 Å². The van der Waals surface area contributed by atoms with Gasteiger partial charge in [0.15, 0.2) is 0 Å².